The number of hydrogen-bond donors (Lipinski definition) is 2. The van der Waals surface area contributed by atoms with Gasteiger partial charge in [0.1, 0.15) is 6.07 Å². The Labute approximate surface area is 167 Å². The molecule has 150 valence electrons. The van der Waals surface area contributed by atoms with E-state index in [9.17, 15) is 14.9 Å². The third-order valence-electron chi connectivity index (χ3n) is 4.09. The van der Waals surface area contributed by atoms with E-state index in [1.54, 1.807) is 0 Å². The first-order chi connectivity index (χ1) is 13.9. The summed E-state index contributed by atoms with van der Waals surface area (Å²) >= 11 is 0. The smallest absolute Gasteiger partial charge is 0.328 e. The molecule has 29 heavy (non-hydrogen) atoms. The van der Waals surface area contributed by atoms with Gasteiger partial charge < -0.3 is 15.1 Å². The zero-order chi connectivity index (χ0) is 21.2. The average molecular weight is 395 g/mol. The number of para-hydroxylation sites is 2. The SMILES string of the molecule is C=CCN1CCN(c2nc3ccccc3nc2C#N)CC1.O=C(O)C=CC(=O)O. The lowest BCUT2D eigenvalue weighted by Crippen LogP contribution is -2.47. The maximum Gasteiger partial charge on any atom is 0.328 e. The maximum atomic E-state index is 9.55. The number of carbonyl (C=O) groups is 2. The minimum atomic E-state index is -1.26. The second-order valence-electron chi connectivity index (χ2n) is 6.08. The highest BCUT2D eigenvalue weighted by molar-refractivity contribution is 5.89. The minimum Gasteiger partial charge on any atom is -0.478 e. The fraction of sp³-hybridized carbons (Fsp3) is 0.250. The fourth-order valence-corrected chi connectivity index (χ4v) is 2.75. The van der Waals surface area contributed by atoms with Crippen molar-refractivity contribution >= 4 is 28.8 Å². The Kier molecular flexibility index (Phi) is 7.82. The van der Waals surface area contributed by atoms with Crippen molar-refractivity contribution in [2.45, 2.75) is 0 Å². The lowest BCUT2D eigenvalue weighted by Gasteiger charge is -2.35. The molecule has 0 unspecified atom stereocenters. The molecule has 2 heterocycles. The predicted molar refractivity (Wildman–Crippen MR) is 108 cm³/mol. The van der Waals surface area contributed by atoms with Gasteiger partial charge in [0, 0.05) is 44.9 Å². The largest absolute Gasteiger partial charge is 0.478 e. The van der Waals surface area contributed by atoms with Crippen molar-refractivity contribution in [1.82, 2.24) is 14.9 Å². The second kappa shape index (κ2) is 10.5. The van der Waals surface area contributed by atoms with Crippen LogP contribution >= 0.6 is 0 Å². The molecule has 0 bridgehead atoms. The van der Waals surface area contributed by atoms with Gasteiger partial charge in [0.25, 0.3) is 0 Å². The van der Waals surface area contributed by atoms with Gasteiger partial charge in [-0.15, -0.1) is 6.58 Å². The molecule has 2 N–H and O–H groups in total. The third kappa shape index (κ3) is 6.41. The zero-order valence-electron chi connectivity index (χ0n) is 15.7. The van der Waals surface area contributed by atoms with Gasteiger partial charge in [-0.1, -0.05) is 18.2 Å². The van der Waals surface area contributed by atoms with E-state index in [-0.39, 0.29) is 0 Å². The van der Waals surface area contributed by atoms with Crippen LogP contribution in [0.15, 0.2) is 49.1 Å². The Balaban J connectivity index is 0.000000321. The van der Waals surface area contributed by atoms with Crippen molar-refractivity contribution in [3.8, 4) is 6.07 Å². The van der Waals surface area contributed by atoms with Gasteiger partial charge in [0.2, 0.25) is 0 Å². The van der Waals surface area contributed by atoms with E-state index in [0.717, 1.165) is 43.8 Å². The minimum absolute atomic E-state index is 0.408. The van der Waals surface area contributed by atoms with Crippen LogP contribution in [0.2, 0.25) is 0 Å². The number of anilines is 1. The molecule has 9 nitrogen and oxygen atoms in total. The summed E-state index contributed by atoms with van der Waals surface area (Å²) < 4.78 is 0. The highest BCUT2D eigenvalue weighted by Gasteiger charge is 2.21. The number of aliphatic carboxylic acids is 2. The fourth-order valence-electron chi connectivity index (χ4n) is 2.75. The average Bonchev–Trinajstić information content (AvgIpc) is 2.72. The summed E-state index contributed by atoms with van der Waals surface area (Å²) in [4.78, 5) is 32.7. The van der Waals surface area contributed by atoms with Crippen molar-refractivity contribution in [2.75, 3.05) is 37.6 Å². The zero-order valence-corrected chi connectivity index (χ0v) is 15.7. The van der Waals surface area contributed by atoms with Gasteiger partial charge in [0.05, 0.1) is 11.0 Å². The number of carboxylic acid groups (broad SMARTS) is 2. The summed E-state index contributed by atoms with van der Waals surface area (Å²) in [5.74, 6) is -1.81. The van der Waals surface area contributed by atoms with Gasteiger partial charge in [-0.3, -0.25) is 4.90 Å². The van der Waals surface area contributed by atoms with Gasteiger partial charge >= 0.3 is 11.9 Å². The first-order valence-corrected chi connectivity index (χ1v) is 8.83. The molecule has 0 amide bonds. The number of piperazine rings is 1. The van der Waals surface area contributed by atoms with Gasteiger partial charge in [-0.25, -0.2) is 19.6 Å². The molecule has 0 aliphatic carbocycles. The van der Waals surface area contributed by atoms with Crippen LogP contribution in [0.4, 0.5) is 5.82 Å². The van der Waals surface area contributed by atoms with Crippen molar-refractivity contribution in [2.24, 2.45) is 0 Å². The molecule has 0 radical (unpaired) electrons. The van der Waals surface area contributed by atoms with E-state index in [0.29, 0.717) is 23.7 Å². The van der Waals surface area contributed by atoms with Crippen LogP contribution in [-0.2, 0) is 9.59 Å². The molecule has 1 aromatic heterocycles. The summed E-state index contributed by atoms with van der Waals surface area (Å²) in [6.07, 6.45) is 3.04. The molecule has 9 heteroatoms. The number of rotatable bonds is 5. The Morgan fingerprint density at radius 3 is 2.10 bits per heavy atom. The van der Waals surface area contributed by atoms with Crippen LogP contribution in [0.5, 0.6) is 0 Å². The molecule has 2 aromatic rings. The van der Waals surface area contributed by atoms with Gasteiger partial charge in [0.15, 0.2) is 11.5 Å². The molecule has 1 saturated heterocycles. The van der Waals surface area contributed by atoms with E-state index in [2.05, 4.69) is 32.4 Å². The molecule has 1 aliphatic heterocycles. The molecule has 1 aliphatic rings. The van der Waals surface area contributed by atoms with E-state index >= 15 is 0 Å². The number of carboxylic acids is 2. The topological polar surface area (TPSA) is 131 Å². The van der Waals surface area contributed by atoms with Crippen LogP contribution in [0.25, 0.3) is 11.0 Å². The molecular formula is C20H21N5O4. The number of fused-ring (bicyclic) bond motifs is 1. The highest BCUT2D eigenvalue weighted by Crippen LogP contribution is 2.21. The Bertz CT molecular complexity index is 943. The van der Waals surface area contributed by atoms with Crippen LogP contribution in [0, 0.1) is 11.3 Å². The molecule has 0 atom stereocenters. The van der Waals surface area contributed by atoms with E-state index in [1.165, 1.54) is 0 Å². The summed E-state index contributed by atoms with van der Waals surface area (Å²) in [5, 5.41) is 25.0. The molecule has 1 fully saturated rings. The lowest BCUT2D eigenvalue weighted by atomic mass is 10.2. The number of nitrogens with zero attached hydrogens (tertiary/aromatic N) is 5. The number of aromatic nitrogens is 2. The molecule has 0 spiro atoms. The van der Waals surface area contributed by atoms with Crippen molar-refractivity contribution in [1.29, 1.82) is 5.26 Å². The maximum absolute atomic E-state index is 9.55. The van der Waals surface area contributed by atoms with Crippen LogP contribution in [0.1, 0.15) is 5.69 Å². The molecule has 1 aromatic carbocycles. The van der Waals surface area contributed by atoms with Crippen LogP contribution < -0.4 is 4.90 Å². The summed E-state index contributed by atoms with van der Waals surface area (Å²) in [7, 11) is 0. The summed E-state index contributed by atoms with van der Waals surface area (Å²) in [5.41, 5.74) is 2.01. The summed E-state index contributed by atoms with van der Waals surface area (Å²) in [6, 6.07) is 9.84. The van der Waals surface area contributed by atoms with Gasteiger partial charge in [-0.05, 0) is 12.1 Å². The first-order valence-electron chi connectivity index (χ1n) is 8.83. The Morgan fingerprint density at radius 2 is 1.62 bits per heavy atom. The predicted octanol–water partition coefficient (Wildman–Crippen LogP) is 1.52. The Morgan fingerprint density at radius 1 is 1.07 bits per heavy atom. The van der Waals surface area contributed by atoms with Crippen LogP contribution in [-0.4, -0.2) is 69.7 Å². The highest BCUT2D eigenvalue weighted by atomic mass is 16.4. The normalized spacial score (nSPS) is 14.1. The van der Waals surface area contributed by atoms with Crippen LogP contribution in [0.3, 0.4) is 0 Å². The monoisotopic (exact) mass is 395 g/mol. The number of benzene rings is 1. The second-order valence-corrected chi connectivity index (χ2v) is 6.08. The molecular weight excluding hydrogens is 374 g/mol. The van der Waals surface area contributed by atoms with Crippen molar-refractivity contribution in [3.05, 3.63) is 54.8 Å². The summed E-state index contributed by atoms with van der Waals surface area (Å²) in [6.45, 7) is 8.29. The number of hydrogen-bond acceptors (Lipinski definition) is 7. The lowest BCUT2D eigenvalue weighted by molar-refractivity contribution is -0.134. The Hall–Kier alpha value is -3.77. The first kappa shape index (κ1) is 21.5. The molecule has 3 rings (SSSR count). The molecule has 0 saturated carbocycles. The van der Waals surface area contributed by atoms with Crippen molar-refractivity contribution in [3.63, 3.8) is 0 Å². The standard InChI is InChI=1S/C16H17N5.C4H4O4/c1-2-7-20-8-10-21(11-9-20)16-15(12-17)18-13-5-3-4-6-14(13)19-16;5-3(6)1-2-4(7)8/h2-6H,1,7-11H2;1-2H,(H,5,6)(H,7,8). The van der Waals surface area contributed by atoms with E-state index in [4.69, 9.17) is 10.2 Å². The van der Waals surface area contributed by atoms with E-state index in [1.807, 2.05) is 30.3 Å². The quantitative estimate of drug-likeness (QED) is 0.571. The number of nitriles is 1. The van der Waals surface area contributed by atoms with Gasteiger partial charge in [-0.2, -0.15) is 5.26 Å². The van der Waals surface area contributed by atoms with E-state index < -0.39 is 11.9 Å². The van der Waals surface area contributed by atoms with Crippen molar-refractivity contribution < 1.29 is 19.8 Å². The third-order valence-corrected chi connectivity index (χ3v) is 4.09.